The number of benzene rings is 3. The van der Waals surface area contributed by atoms with E-state index in [4.69, 9.17) is 4.98 Å². The molecule has 0 aliphatic carbocycles. The lowest BCUT2D eigenvalue weighted by molar-refractivity contribution is 0.0936. The fourth-order valence-electron chi connectivity index (χ4n) is 3.61. The highest BCUT2D eigenvalue weighted by molar-refractivity contribution is 7.90. The van der Waals surface area contributed by atoms with Gasteiger partial charge in [-0.05, 0) is 35.9 Å². The number of nitrogens with one attached hydrogen (secondary N) is 1. The van der Waals surface area contributed by atoms with Crippen molar-refractivity contribution in [2.45, 2.75) is 17.4 Å². The van der Waals surface area contributed by atoms with Crippen LogP contribution >= 0.6 is 0 Å². The third-order valence-electron chi connectivity index (χ3n) is 5.30. The number of sulfone groups is 1. The summed E-state index contributed by atoms with van der Waals surface area (Å²) in [6.45, 7) is 0. The summed E-state index contributed by atoms with van der Waals surface area (Å²) in [5, 5.41) is 3.06. The van der Waals surface area contributed by atoms with Crippen LogP contribution < -0.4 is 5.32 Å². The maximum Gasteiger partial charge on any atom is 0.251 e. The predicted octanol–water partition coefficient (Wildman–Crippen LogP) is 3.69. The van der Waals surface area contributed by atoms with Gasteiger partial charge in [-0.3, -0.25) is 4.79 Å². The average molecular weight is 434 g/mol. The van der Waals surface area contributed by atoms with E-state index in [2.05, 4.69) is 5.32 Å². The number of carbonyl (C=O) groups excluding carboxylic acids is 1. The lowest BCUT2D eigenvalue weighted by Crippen LogP contribution is -2.30. The number of hydrogen-bond donors (Lipinski definition) is 1. The van der Waals surface area contributed by atoms with Gasteiger partial charge in [0.25, 0.3) is 5.91 Å². The minimum atomic E-state index is -3.40. The van der Waals surface area contributed by atoms with Crippen LogP contribution in [0.15, 0.2) is 83.8 Å². The van der Waals surface area contributed by atoms with Gasteiger partial charge in [-0.15, -0.1) is 0 Å². The number of imidazole rings is 1. The van der Waals surface area contributed by atoms with Crippen molar-refractivity contribution >= 4 is 26.8 Å². The Morgan fingerprint density at radius 2 is 1.71 bits per heavy atom. The molecule has 1 N–H and O–H groups in total. The molecule has 7 heteroatoms. The highest BCUT2D eigenvalue weighted by Gasteiger charge is 2.20. The second kappa shape index (κ2) is 8.35. The van der Waals surface area contributed by atoms with Crippen molar-refractivity contribution in [1.29, 1.82) is 0 Å². The number of fused-ring (bicyclic) bond motifs is 1. The lowest BCUT2D eigenvalue weighted by Gasteiger charge is -2.19. The molecular formula is C24H23N3O3S. The number of carbonyl (C=O) groups is 1. The van der Waals surface area contributed by atoms with E-state index in [9.17, 15) is 13.2 Å². The Balaban J connectivity index is 1.66. The second-order valence-corrected chi connectivity index (χ2v) is 9.53. The molecule has 4 rings (SSSR count). The first kappa shape index (κ1) is 20.8. The summed E-state index contributed by atoms with van der Waals surface area (Å²) in [4.78, 5) is 17.9. The number of para-hydroxylation sites is 2. The third kappa shape index (κ3) is 4.51. The molecule has 1 amide bonds. The highest BCUT2D eigenvalue weighted by Crippen LogP contribution is 2.22. The Labute approximate surface area is 181 Å². The summed E-state index contributed by atoms with van der Waals surface area (Å²) >= 11 is 0. The molecule has 0 saturated carbocycles. The Bertz CT molecular complexity index is 1350. The molecule has 0 aliphatic rings. The van der Waals surface area contributed by atoms with Crippen molar-refractivity contribution in [2.24, 2.45) is 7.05 Å². The zero-order valence-corrected chi connectivity index (χ0v) is 18.1. The fraction of sp³-hybridized carbons (Fsp3) is 0.167. The zero-order valence-electron chi connectivity index (χ0n) is 17.3. The molecule has 1 heterocycles. The molecule has 4 aromatic rings. The molecule has 1 unspecified atom stereocenters. The normalized spacial score (nSPS) is 12.6. The van der Waals surface area contributed by atoms with Crippen LogP contribution in [0, 0.1) is 0 Å². The topological polar surface area (TPSA) is 81.1 Å². The van der Waals surface area contributed by atoms with Gasteiger partial charge in [-0.2, -0.15) is 0 Å². The van der Waals surface area contributed by atoms with Crippen LogP contribution in [0.25, 0.3) is 11.0 Å². The summed E-state index contributed by atoms with van der Waals surface area (Å²) in [6.07, 6.45) is 1.62. The molecular weight excluding hydrogens is 410 g/mol. The molecule has 31 heavy (non-hydrogen) atoms. The van der Waals surface area contributed by atoms with Gasteiger partial charge in [-0.25, -0.2) is 13.4 Å². The summed E-state index contributed by atoms with van der Waals surface area (Å²) in [5.74, 6) is 0.512. The minimum absolute atomic E-state index is 0.117. The molecule has 0 fully saturated rings. The van der Waals surface area contributed by atoms with E-state index in [-0.39, 0.29) is 16.8 Å². The van der Waals surface area contributed by atoms with Gasteiger partial charge >= 0.3 is 0 Å². The van der Waals surface area contributed by atoms with Gasteiger partial charge < -0.3 is 9.88 Å². The van der Waals surface area contributed by atoms with Gasteiger partial charge in [0.1, 0.15) is 5.82 Å². The third-order valence-corrected chi connectivity index (χ3v) is 6.41. The summed E-state index contributed by atoms with van der Waals surface area (Å²) in [5.41, 5.74) is 3.17. The van der Waals surface area contributed by atoms with Crippen molar-refractivity contribution in [3.8, 4) is 0 Å². The molecule has 158 valence electrons. The number of amides is 1. The average Bonchev–Trinajstić information content (AvgIpc) is 3.09. The number of hydrogen-bond acceptors (Lipinski definition) is 4. The van der Waals surface area contributed by atoms with Crippen molar-refractivity contribution in [1.82, 2.24) is 14.9 Å². The highest BCUT2D eigenvalue weighted by atomic mass is 32.2. The van der Waals surface area contributed by atoms with Gasteiger partial charge in [0.05, 0.1) is 22.0 Å². The summed E-state index contributed by atoms with van der Waals surface area (Å²) < 4.78 is 25.8. The zero-order chi connectivity index (χ0) is 22.0. The van der Waals surface area contributed by atoms with Crippen molar-refractivity contribution in [2.75, 3.05) is 6.26 Å². The first-order valence-corrected chi connectivity index (χ1v) is 11.8. The molecule has 0 saturated heterocycles. The first-order valence-electron chi connectivity index (χ1n) is 9.89. The van der Waals surface area contributed by atoms with Gasteiger partial charge in [0.2, 0.25) is 0 Å². The molecule has 0 radical (unpaired) electrons. The summed E-state index contributed by atoms with van der Waals surface area (Å²) in [7, 11) is -1.44. The quantitative estimate of drug-likeness (QED) is 0.503. The largest absolute Gasteiger partial charge is 0.345 e. The summed E-state index contributed by atoms with van der Waals surface area (Å²) in [6, 6.07) is 23.3. The van der Waals surface area contributed by atoms with Crippen LogP contribution in [0.2, 0.25) is 0 Å². The standard InChI is InChI=1S/C24H23N3O3S/c1-27-22-14-7-6-13-20(22)25-23(27)16-21(17-9-4-3-5-10-17)26-24(28)18-11-8-12-19(15-18)31(2,29)30/h3-15,21H,16H2,1-2H3,(H,26,28). The second-order valence-electron chi connectivity index (χ2n) is 7.52. The van der Waals surface area contributed by atoms with Crippen LogP contribution in [0.5, 0.6) is 0 Å². The van der Waals surface area contributed by atoms with E-state index in [0.717, 1.165) is 28.7 Å². The SMILES string of the molecule is Cn1c(CC(NC(=O)c2cccc(S(C)(=O)=O)c2)c2ccccc2)nc2ccccc21. The van der Waals surface area contributed by atoms with Crippen LogP contribution in [0.4, 0.5) is 0 Å². The number of nitrogens with zero attached hydrogens (tertiary/aromatic N) is 2. The Morgan fingerprint density at radius 1 is 1.00 bits per heavy atom. The van der Waals surface area contributed by atoms with Crippen LogP contribution in [-0.4, -0.2) is 30.1 Å². The van der Waals surface area contributed by atoms with E-state index < -0.39 is 9.84 Å². The smallest absolute Gasteiger partial charge is 0.251 e. The lowest BCUT2D eigenvalue weighted by atomic mass is 10.0. The monoisotopic (exact) mass is 433 g/mol. The number of aryl methyl sites for hydroxylation is 1. The molecule has 0 aliphatic heterocycles. The van der Waals surface area contributed by atoms with Crippen molar-refractivity contribution < 1.29 is 13.2 Å². The molecule has 0 spiro atoms. The number of rotatable bonds is 6. The van der Waals surface area contributed by atoms with Crippen LogP contribution in [0.1, 0.15) is 27.8 Å². The van der Waals surface area contributed by atoms with Gasteiger partial charge in [0.15, 0.2) is 9.84 Å². The Kier molecular flexibility index (Phi) is 5.61. The Hall–Kier alpha value is -3.45. The van der Waals surface area contributed by atoms with E-state index >= 15 is 0 Å². The van der Waals surface area contributed by atoms with E-state index in [1.54, 1.807) is 12.1 Å². The molecule has 1 atom stereocenters. The maximum absolute atomic E-state index is 13.0. The minimum Gasteiger partial charge on any atom is -0.345 e. The van der Waals surface area contributed by atoms with Crippen molar-refractivity contribution in [3.05, 3.63) is 95.8 Å². The molecule has 1 aromatic heterocycles. The number of aromatic nitrogens is 2. The van der Waals surface area contributed by atoms with E-state index in [1.807, 2.05) is 66.2 Å². The van der Waals surface area contributed by atoms with Gasteiger partial charge in [-0.1, -0.05) is 48.5 Å². The van der Waals surface area contributed by atoms with E-state index in [0.29, 0.717) is 12.0 Å². The maximum atomic E-state index is 13.0. The predicted molar refractivity (Wildman–Crippen MR) is 121 cm³/mol. The van der Waals surface area contributed by atoms with Crippen LogP contribution in [-0.2, 0) is 23.3 Å². The fourth-order valence-corrected chi connectivity index (χ4v) is 4.27. The molecule has 6 nitrogen and oxygen atoms in total. The Morgan fingerprint density at radius 3 is 2.42 bits per heavy atom. The van der Waals surface area contributed by atoms with Crippen LogP contribution in [0.3, 0.4) is 0 Å². The van der Waals surface area contributed by atoms with Gasteiger partial charge in [0, 0.05) is 25.3 Å². The molecule has 3 aromatic carbocycles. The first-order chi connectivity index (χ1) is 14.8. The molecule has 0 bridgehead atoms. The van der Waals surface area contributed by atoms with E-state index in [1.165, 1.54) is 12.1 Å². The van der Waals surface area contributed by atoms with Crippen molar-refractivity contribution in [3.63, 3.8) is 0 Å².